The minimum absolute atomic E-state index is 0.0576. The molecule has 0 aromatic rings. The monoisotopic (exact) mass is 304 g/mol. The van der Waals surface area contributed by atoms with E-state index in [1.807, 2.05) is 0 Å². The molecule has 0 aromatic carbocycles. The minimum atomic E-state index is -0.928. The average molecular weight is 304 g/mol. The van der Waals surface area contributed by atoms with Gasteiger partial charge in [-0.3, -0.25) is 9.59 Å². The number of aliphatic hydroxyl groups excluding tert-OH is 2. The lowest BCUT2D eigenvalue weighted by atomic mass is 10.8. The molecule has 8 nitrogen and oxygen atoms in total. The lowest BCUT2D eigenvalue weighted by molar-refractivity contribution is -0.135. The maximum Gasteiger partial charge on any atom is 0.314 e. The highest BCUT2D eigenvalue weighted by Gasteiger charge is 2.00. The van der Waals surface area contributed by atoms with E-state index in [0.29, 0.717) is 13.1 Å². The van der Waals surface area contributed by atoms with Crippen molar-refractivity contribution >= 4 is 33.5 Å². The van der Waals surface area contributed by atoms with Crippen molar-refractivity contribution in [2.24, 2.45) is 11.5 Å². The first-order valence-corrected chi connectivity index (χ1v) is 7.24. The average Bonchev–Trinajstić information content (AvgIpc) is 2.35. The Morgan fingerprint density at radius 3 is 1.17 bits per heavy atom. The summed E-state index contributed by atoms with van der Waals surface area (Å²) in [6, 6.07) is 0. The molecule has 0 spiro atoms. The van der Waals surface area contributed by atoms with Gasteiger partial charge in [-0.25, -0.2) is 0 Å². The number of aliphatic hydroxyl groups is 2. The summed E-state index contributed by atoms with van der Waals surface area (Å²) in [5.41, 5.74) is 9.56. The van der Waals surface area contributed by atoms with E-state index in [2.05, 4.69) is 0 Å². The molecule has 0 bridgehead atoms. The van der Waals surface area contributed by atoms with Gasteiger partial charge in [0.15, 0.2) is 0 Å². The number of carboxylic acid groups (broad SMARTS) is 2. The molecule has 0 fully saturated rings. The van der Waals surface area contributed by atoms with Crippen molar-refractivity contribution in [1.29, 1.82) is 0 Å². The fourth-order valence-corrected chi connectivity index (χ4v) is 1.66. The second kappa shape index (κ2) is 21.7. The Hall–Kier alpha value is -0.520. The number of rotatable bonds is 7. The van der Waals surface area contributed by atoms with Crippen LogP contribution in [0.15, 0.2) is 0 Å². The van der Waals surface area contributed by atoms with Crippen LogP contribution in [0.25, 0.3) is 0 Å². The van der Waals surface area contributed by atoms with Crippen LogP contribution < -0.4 is 11.5 Å². The molecule has 18 heavy (non-hydrogen) atoms. The van der Waals surface area contributed by atoms with Gasteiger partial charge >= 0.3 is 11.9 Å². The van der Waals surface area contributed by atoms with Crippen molar-refractivity contribution < 1.29 is 30.0 Å². The third-order valence-electron chi connectivity index (χ3n) is 0.706. The number of hydrogen-bond acceptors (Lipinski definition) is 8. The Balaban J connectivity index is -0.000000233. The summed E-state index contributed by atoms with van der Waals surface area (Å²) in [5.74, 6) is -1.97. The van der Waals surface area contributed by atoms with Crippen molar-refractivity contribution in [3.63, 3.8) is 0 Å². The largest absolute Gasteiger partial charge is 0.481 e. The molecule has 10 heteroatoms. The summed E-state index contributed by atoms with van der Waals surface area (Å²) in [5, 5.41) is 31.7. The normalized spacial score (nSPS) is 8.44. The number of hydrogen-bond donors (Lipinski definition) is 6. The standard InChI is InChI=1S/C4H6O4S2.2C2H7NO/c5-3(6)1-9-10-2-4(7)8;2*3-1-2-4/h1-2H2,(H,5,6)(H,7,8);2*4H,1-3H2. The van der Waals surface area contributed by atoms with Gasteiger partial charge < -0.3 is 31.9 Å². The summed E-state index contributed by atoms with van der Waals surface area (Å²) >= 11 is 0. The van der Waals surface area contributed by atoms with Gasteiger partial charge in [-0.15, -0.1) is 0 Å². The highest BCUT2D eigenvalue weighted by molar-refractivity contribution is 8.77. The quantitative estimate of drug-likeness (QED) is 0.238. The van der Waals surface area contributed by atoms with E-state index >= 15 is 0 Å². The lowest BCUT2D eigenvalue weighted by Crippen LogP contribution is -2.02. The van der Waals surface area contributed by atoms with Crippen molar-refractivity contribution in [1.82, 2.24) is 0 Å². The fraction of sp³-hybridized carbons (Fsp3) is 0.750. The molecule has 110 valence electrons. The predicted octanol–water partition coefficient (Wildman–Crippen LogP) is -1.59. The Bertz CT molecular complexity index is 172. The van der Waals surface area contributed by atoms with E-state index in [0.717, 1.165) is 21.6 Å². The fourth-order valence-electron chi connectivity index (χ4n) is 0.184. The number of carboxylic acids is 2. The molecule has 0 aromatic heterocycles. The zero-order chi connectivity index (χ0) is 14.8. The van der Waals surface area contributed by atoms with Crippen LogP contribution in [-0.2, 0) is 9.59 Å². The van der Waals surface area contributed by atoms with Gasteiger partial charge in [0, 0.05) is 13.1 Å². The summed E-state index contributed by atoms with van der Waals surface area (Å²) in [4.78, 5) is 19.7. The molecule has 0 heterocycles. The van der Waals surface area contributed by atoms with E-state index in [1.165, 1.54) is 0 Å². The second-order valence-electron chi connectivity index (χ2n) is 2.34. The molecule has 0 saturated heterocycles. The van der Waals surface area contributed by atoms with Gasteiger partial charge in [0.05, 0.1) is 13.2 Å². The van der Waals surface area contributed by atoms with Crippen LogP contribution in [-0.4, -0.2) is 70.2 Å². The number of carbonyl (C=O) groups is 2. The van der Waals surface area contributed by atoms with Crippen LogP contribution in [0.3, 0.4) is 0 Å². The molecular formula is C8H20N2O6S2. The molecule has 0 aliphatic carbocycles. The van der Waals surface area contributed by atoms with E-state index in [4.69, 9.17) is 31.9 Å². The molecule has 0 aliphatic heterocycles. The maximum atomic E-state index is 9.86. The molecular weight excluding hydrogens is 284 g/mol. The third-order valence-corrected chi connectivity index (χ3v) is 2.81. The van der Waals surface area contributed by atoms with Gasteiger partial charge in [-0.2, -0.15) is 0 Å². The van der Waals surface area contributed by atoms with Crippen LogP contribution >= 0.6 is 21.6 Å². The first-order valence-electron chi connectivity index (χ1n) is 4.76. The van der Waals surface area contributed by atoms with Crippen molar-refractivity contribution in [2.45, 2.75) is 0 Å². The Morgan fingerprint density at radius 1 is 0.833 bits per heavy atom. The van der Waals surface area contributed by atoms with E-state index < -0.39 is 11.9 Å². The topological polar surface area (TPSA) is 167 Å². The van der Waals surface area contributed by atoms with Gasteiger partial charge in [-0.05, 0) is 0 Å². The Kier molecular flexibility index (Phi) is 27.3. The molecule has 0 atom stereocenters. The van der Waals surface area contributed by atoms with Gasteiger partial charge in [0.2, 0.25) is 0 Å². The number of aliphatic carboxylic acids is 2. The zero-order valence-electron chi connectivity index (χ0n) is 9.82. The van der Waals surface area contributed by atoms with Gasteiger partial charge in [0.25, 0.3) is 0 Å². The summed E-state index contributed by atoms with van der Waals surface area (Å²) < 4.78 is 0. The van der Waals surface area contributed by atoms with E-state index in [9.17, 15) is 9.59 Å². The van der Waals surface area contributed by atoms with Gasteiger partial charge in [0.1, 0.15) is 11.5 Å². The van der Waals surface area contributed by atoms with E-state index in [-0.39, 0.29) is 24.7 Å². The lowest BCUT2D eigenvalue weighted by Gasteiger charge is -1.91. The van der Waals surface area contributed by atoms with Crippen molar-refractivity contribution in [3.8, 4) is 0 Å². The maximum absolute atomic E-state index is 9.86. The predicted molar refractivity (Wildman–Crippen MR) is 72.5 cm³/mol. The van der Waals surface area contributed by atoms with E-state index in [1.54, 1.807) is 0 Å². The molecule has 0 radical (unpaired) electrons. The highest BCUT2D eigenvalue weighted by atomic mass is 33.1. The molecule has 0 rings (SSSR count). The molecule has 0 unspecified atom stereocenters. The van der Waals surface area contributed by atoms with Crippen LogP contribution in [0.2, 0.25) is 0 Å². The summed E-state index contributed by atoms with van der Waals surface area (Å²) in [7, 11) is 2.05. The Morgan fingerprint density at radius 2 is 1.06 bits per heavy atom. The van der Waals surface area contributed by atoms with Crippen molar-refractivity contribution in [3.05, 3.63) is 0 Å². The van der Waals surface area contributed by atoms with Crippen LogP contribution in [0.5, 0.6) is 0 Å². The Labute approximate surface area is 113 Å². The third kappa shape index (κ3) is 45.1. The summed E-state index contributed by atoms with van der Waals surface area (Å²) in [6.45, 7) is 0.944. The van der Waals surface area contributed by atoms with Crippen LogP contribution in [0, 0.1) is 0 Å². The highest BCUT2D eigenvalue weighted by Crippen LogP contribution is 2.19. The molecule has 0 saturated carbocycles. The van der Waals surface area contributed by atoms with Gasteiger partial charge in [-0.1, -0.05) is 21.6 Å². The molecule has 8 N–H and O–H groups in total. The molecule has 0 aliphatic rings. The minimum Gasteiger partial charge on any atom is -0.481 e. The van der Waals surface area contributed by atoms with Crippen molar-refractivity contribution in [2.75, 3.05) is 37.8 Å². The first kappa shape index (κ1) is 22.6. The van der Waals surface area contributed by atoms with Crippen LogP contribution in [0.4, 0.5) is 0 Å². The SMILES string of the molecule is NCCO.NCCO.O=C(O)CSSCC(=O)O. The second-order valence-corrected chi connectivity index (χ2v) is 4.80. The smallest absolute Gasteiger partial charge is 0.314 e. The molecule has 0 amide bonds. The summed E-state index contributed by atoms with van der Waals surface area (Å²) in [6.07, 6.45) is 0. The number of nitrogens with two attached hydrogens (primary N) is 2. The zero-order valence-corrected chi connectivity index (χ0v) is 11.5. The van der Waals surface area contributed by atoms with Crippen LogP contribution in [0.1, 0.15) is 0 Å². The first-order chi connectivity index (χ1) is 8.45.